The van der Waals surface area contributed by atoms with Gasteiger partial charge in [0, 0.05) is 37.5 Å². The van der Waals surface area contributed by atoms with Gasteiger partial charge in [-0.1, -0.05) is 103 Å². The molecule has 0 amide bonds. The maximum Gasteiger partial charge on any atom is 0.0949 e. The van der Waals surface area contributed by atoms with Crippen LogP contribution in [0, 0.1) is 0 Å². The first-order valence-electron chi connectivity index (χ1n) is 12.6. The molecular weight excluding hydrogens is 468 g/mol. The van der Waals surface area contributed by atoms with Gasteiger partial charge in [-0.2, -0.15) is 0 Å². The number of thiophene rings is 1. The fourth-order valence-electron chi connectivity index (χ4n) is 5.82. The summed E-state index contributed by atoms with van der Waals surface area (Å²) in [6, 6.07) is 41.5. The van der Waals surface area contributed by atoms with Crippen molar-refractivity contribution in [3.05, 3.63) is 138 Å². The molecule has 0 radical (unpaired) electrons. The lowest BCUT2D eigenvalue weighted by Crippen LogP contribution is -2.32. The SMILES string of the molecule is C1=C(c2cccc(-c3cccc4c3sc3ccccc34)c2)N=C2c3ccccc3-c3ccccc3C2N1. The van der Waals surface area contributed by atoms with E-state index in [0.29, 0.717) is 0 Å². The van der Waals surface area contributed by atoms with E-state index in [1.54, 1.807) is 0 Å². The minimum Gasteiger partial charge on any atom is -0.377 e. The van der Waals surface area contributed by atoms with Gasteiger partial charge in [-0.3, -0.25) is 0 Å². The average Bonchev–Trinajstić information content (AvgIpc) is 3.36. The second-order valence-electron chi connectivity index (χ2n) is 9.62. The zero-order valence-electron chi connectivity index (χ0n) is 20.0. The molecule has 174 valence electrons. The largest absolute Gasteiger partial charge is 0.377 e. The van der Waals surface area contributed by atoms with Crippen LogP contribution in [0.3, 0.4) is 0 Å². The van der Waals surface area contributed by atoms with Crippen LogP contribution in [-0.4, -0.2) is 5.71 Å². The fourth-order valence-corrected chi connectivity index (χ4v) is 7.06. The van der Waals surface area contributed by atoms with Crippen LogP contribution < -0.4 is 5.32 Å². The Morgan fingerprint density at radius 3 is 2.24 bits per heavy atom. The van der Waals surface area contributed by atoms with Crippen LogP contribution in [0.15, 0.2) is 126 Å². The molecule has 3 heteroatoms. The zero-order valence-corrected chi connectivity index (χ0v) is 20.8. The highest BCUT2D eigenvalue weighted by molar-refractivity contribution is 7.26. The highest BCUT2D eigenvalue weighted by atomic mass is 32.1. The quantitative estimate of drug-likeness (QED) is 0.258. The van der Waals surface area contributed by atoms with E-state index in [9.17, 15) is 0 Å². The van der Waals surface area contributed by atoms with Gasteiger partial charge < -0.3 is 5.32 Å². The van der Waals surface area contributed by atoms with Gasteiger partial charge in [0.25, 0.3) is 0 Å². The van der Waals surface area contributed by atoms with Gasteiger partial charge in [0.2, 0.25) is 0 Å². The molecule has 5 aromatic carbocycles. The van der Waals surface area contributed by atoms with Crippen molar-refractivity contribution in [2.45, 2.75) is 6.04 Å². The molecule has 1 unspecified atom stereocenters. The molecule has 1 atom stereocenters. The predicted molar refractivity (Wildman–Crippen MR) is 157 cm³/mol. The molecule has 1 N–H and O–H groups in total. The Kier molecular flexibility index (Phi) is 4.49. The third-order valence-corrected chi connectivity index (χ3v) is 8.76. The maximum absolute atomic E-state index is 5.26. The third-order valence-electron chi connectivity index (χ3n) is 7.54. The molecule has 1 aromatic heterocycles. The van der Waals surface area contributed by atoms with Gasteiger partial charge in [0.05, 0.1) is 17.5 Å². The van der Waals surface area contributed by atoms with Gasteiger partial charge >= 0.3 is 0 Å². The summed E-state index contributed by atoms with van der Waals surface area (Å²) in [5, 5.41) is 6.33. The van der Waals surface area contributed by atoms with E-state index in [1.165, 1.54) is 53.6 Å². The second-order valence-corrected chi connectivity index (χ2v) is 10.7. The van der Waals surface area contributed by atoms with Gasteiger partial charge in [-0.15, -0.1) is 11.3 Å². The van der Waals surface area contributed by atoms with Crippen LogP contribution in [0.25, 0.3) is 48.1 Å². The Balaban J connectivity index is 1.25. The Morgan fingerprint density at radius 2 is 1.30 bits per heavy atom. The predicted octanol–water partition coefficient (Wildman–Crippen LogP) is 8.83. The number of aliphatic imine (C=N–C) groups is 1. The first-order valence-corrected chi connectivity index (χ1v) is 13.4. The molecule has 6 aromatic rings. The second kappa shape index (κ2) is 8.02. The fraction of sp³-hybridized carbons (Fsp3) is 0.0294. The van der Waals surface area contributed by atoms with Gasteiger partial charge in [-0.05, 0) is 39.9 Å². The number of fused-ring (bicyclic) bond motifs is 9. The molecule has 2 heterocycles. The van der Waals surface area contributed by atoms with Gasteiger partial charge in [-0.25, -0.2) is 4.99 Å². The van der Waals surface area contributed by atoms with Crippen LogP contribution in [-0.2, 0) is 0 Å². The summed E-state index contributed by atoms with van der Waals surface area (Å²) in [5.41, 5.74) is 10.7. The molecule has 0 saturated heterocycles. The molecule has 0 bridgehead atoms. The topological polar surface area (TPSA) is 24.4 Å². The number of hydrogen-bond acceptors (Lipinski definition) is 3. The van der Waals surface area contributed by atoms with Crippen molar-refractivity contribution in [1.29, 1.82) is 0 Å². The monoisotopic (exact) mass is 490 g/mol. The van der Waals surface area contributed by atoms with Crippen LogP contribution >= 0.6 is 11.3 Å². The summed E-state index contributed by atoms with van der Waals surface area (Å²) >= 11 is 1.87. The first kappa shape index (κ1) is 20.7. The van der Waals surface area contributed by atoms with Gasteiger partial charge in [0.15, 0.2) is 0 Å². The van der Waals surface area contributed by atoms with E-state index in [1.807, 2.05) is 11.3 Å². The Bertz CT molecular complexity index is 1920. The Labute approximate surface area is 219 Å². The van der Waals surface area contributed by atoms with Crippen molar-refractivity contribution >= 4 is 42.9 Å². The molecule has 8 rings (SSSR count). The summed E-state index contributed by atoms with van der Waals surface area (Å²) in [6.45, 7) is 0. The van der Waals surface area contributed by atoms with Gasteiger partial charge in [0.1, 0.15) is 0 Å². The lowest BCUT2D eigenvalue weighted by atomic mass is 9.80. The number of nitrogens with zero attached hydrogens (tertiary/aromatic N) is 1. The Morgan fingerprint density at radius 1 is 0.595 bits per heavy atom. The number of nitrogens with one attached hydrogen (secondary N) is 1. The van der Waals surface area contributed by atoms with Crippen molar-refractivity contribution in [3.63, 3.8) is 0 Å². The van der Waals surface area contributed by atoms with Crippen molar-refractivity contribution in [2.24, 2.45) is 4.99 Å². The van der Waals surface area contributed by atoms with E-state index in [2.05, 4.69) is 127 Å². The number of benzene rings is 5. The lowest BCUT2D eigenvalue weighted by Gasteiger charge is -2.32. The number of hydrogen-bond donors (Lipinski definition) is 1. The maximum atomic E-state index is 5.26. The minimum atomic E-state index is 0.0605. The van der Waals surface area contributed by atoms with Crippen molar-refractivity contribution in [2.75, 3.05) is 0 Å². The first-order chi connectivity index (χ1) is 18.3. The summed E-state index contributed by atoms with van der Waals surface area (Å²) < 4.78 is 2.66. The highest BCUT2D eigenvalue weighted by Crippen LogP contribution is 2.42. The van der Waals surface area contributed by atoms with Crippen LogP contribution in [0.2, 0.25) is 0 Å². The van der Waals surface area contributed by atoms with E-state index in [-0.39, 0.29) is 6.04 Å². The van der Waals surface area contributed by atoms with Crippen LogP contribution in [0.4, 0.5) is 0 Å². The number of rotatable bonds is 2. The molecule has 1 aliphatic heterocycles. The molecule has 0 fully saturated rings. The van der Waals surface area contributed by atoms with E-state index >= 15 is 0 Å². The molecule has 0 saturated carbocycles. The van der Waals surface area contributed by atoms with Crippen molar-refractivity contribution < 1.29 is 0 Å². The molecule has 37 heavy (non-hydrogen) atoms. The Hall–Kier alpha value is -4.47. The molecule has 2 nitrogen and oxygen atoms in total. The van der Waals surface area contributed by atoms with Crippen molar-refractivity contribution in [1.82, 2.24) is 5.32 Å². The minimum absolute atomic E-state index is 0.0605. The summed E-state index contributed by atoms with van der Waals surface area (Å²) in [7, 11) is 0. The highest BCUT2D eigenvalue weighted by Gasteiger charge is 2.31. The lowest BCUT2D eigenvalue weighted by molar-refractivity contribution is 0.780. The molecule has 0 spiro atoms. The smallest absolute Gasteiger partial charge is 0.0949 e. The zero-order chi connectivity index (χ0) is 24.3. The molecule has 2 aliphatic rings. The van der Waals surface area contributed by atoms with E-state index in [4.69, 9.17) is 4.99 Å². The van der Waals surface area contributed by atoms with E-state index < -0.39 is 0 Å². The van der Waals surface area contributed by atoms with Crippen LogP contribution in [0.5, 0.6) is 0 Å². The van der Waals surface area contributed by atoms with E-state index in [0.717, 1.165) is 17.0 Å². The third kappa shape index (κ3) is 3.14. The standard InChI is InChI=1S/C34H22N2S/c1-3-14-27-24(11-1)25-12-2-4-15-28(25)33-32(27)35-20-30(36-33)22-10-7-9-21(19-22)23-16-8-17-29-26-13-5-6-18-31(26)37-34(23)29/h1-20,32,35H. The molecule has 1 aliphatic carbocycles. The average molecular weight is 491 g/mol. The summed E-state index contributed by atoms with van der Waals surface area (Å²) in [4.78, 5) is 5.26. The van der Waals surface area contributed by atoms with Crippen LogP contribution in [0.1, 0.15) is 22.7 Å². The normalized spacial score (nSPS) is 15.8. The molecular formula is C34H22N2S. The summed E-state index contributed by atoms with van der Waals surface area (Å²) in [5.74, 6) is 0. The summed E-state index contributed by atoms with van der Waals surface area (Å²) in [6.07, 6.45) is 2.08. The van der Waals surface area contributed by atoms with Crippen molar-refractivity contribution in [3.8, 4) is 22.3 Å².